The van der Waals surface area contributed by atoms with Crippen molar-refractivity contribution in [1.82, 2.24) is 15.3 Å². The number of anilines is 2. The minimum atomic E-state index is -0.265. The lowest BCUT2D eigenvalue weighted by atomic mass is 10.2. The Morgan fingerprint density at radius 2 is 1.92 bits per heavy atom. The van der Waals surface area contributed by atoms with E-state index in [9.17, 15) is 9.90 Å². The molecule has 0 aliphatic rings. The van der Waals surface area contributed by atoms with Gasteiger partial charge in [0.25, 0.3) is 0 Å². The van der Waals surface area contributed by atoms with Crippen LogP contribution in [0.2, 0.25) is 0 Å². The number of nitrogens with one attached hydrogen (secondary N) is 3. The zero-order chi connectivity index (χ0) is 17.4. The van der Waals surface area contributed by atoms with Gasteiger partial charge >= 0.3 is 6.03 Å². The molecule has 0 aliphatic carbocycles. The van der Waals surface area contributed by atoms with Gasteiger partial charge in [-0.1, -0.05) is 0 Å². The lowest BCUT2D eigenvalue weighted by Crippen LogP contribution is -2.28. The highest BCUT2D eigenvalue weighted by Gasteiger charge is 2.07. The van der Waals surface area contributed by atoms with Crippen LogP contribution in [0.3, 0.4) is 0 Å². The molecule has 0 radical (unpaired) electrons. The molecule has 0 fully saturated rings. The van der Waals surface area contributed by atoms with Gasteiger partial charge in [0, 0.05) is 30.4 Å². The summed E-state index contributed by atoms with van der Waals surface area (Å²) in [6, 6.07) is 8.44. The van der Waals surface area contributed by atoms with Crippen LogP contribution in [-0.2, 0) is 6.61 Å². The summed E-state index contributed by atoms with van der Waals surface area (Å²) in [5.41, 5.74) is 1.88. The summed E-state index contributed by atoms with van der Waals surface area (Å²) in [7, 11) is 0. The van der Waals surface area contributed by atoms with Gasteiger partial charge in [0.2, 0.25) is 0 Å². The number of benzene rings is 1. The number of carbonyl (C=O) groups is 1. The number of nitrogens with zero attached hydrogens (tertiary/aromatic N) is 2. The monoisotopic (exact) mass is 331 g/mol. The second-order valence-corrected chi connectivity index (χ2v) is 4.94. The average molecular weight is 331 g/mol. The Morgan fingerprint density at radius 3 is 2.54 bits per heavy atom. The molecular weight excluding hydrogens is 310 g/mol. The third kappa shape index (κ3) is 4.90. The van der Waals surface area contributed by atoms with Crippen LogP contribution >= 0.6 is 0 Å². The molecule has 0 spiro atoms. The molecule has 5 N–H and O–H groups in total. The smallest absolute Gasteiger partial charge is 0.319 e. The van der Waals surface area contributed by atoms with Gasteiger partial charge in [-0.3, -0.25) is 0 Å². The van der Waals surface area contributed by atoms with Crippen LogP contribution in [0.5, 0.6) is 0 Å². The molecular formula is C16H21N5O3. The molecule has 2 amide bonds. The Morgan fingerprint density at radius 1 is 1.17 bits per heavy atom. The van der Waals surface area contributed by atoms with Crippen molar-refractivity contribution in [1.29, 1.82) is 0 Å². The number of rotatable bonds is 7. The zero-order valence-corrected chi connectivity index (χ0v) is 13.4. The number of carbonyl (C=O) groups excluding carboxylic acids is 1. The fraction of sp³-hybridized carbons (Fsp3) is 0.312. The summed E-state index contributed by atoms with van der Waals surface area (Å²) >= 11 is 0. The molecule has 1 aromatic heterocycles. The molecule has 24 heavy (non-hydrogen) atoms. The molecule has 0 saturated heterocycles. The highest BCUT2D eigenvalue weighted by Crippen LogP contribution is 2.20. The quantitative estimate of drug-likeness (QED) is 0.520. The average Bonchev–Trinajstić information content (AvgIpc) is 2.60. The van der Waals surface area contributed by atoms with Crippen molar-refractivity contribution in [3.05, 3.63) is 36.0 Å². The molecule has 0 bridgehead atoms. The van der Waals surface area contributed by atoms with Crippen LogP contribution in [0.25, 0.3) is 11.4 Å². The van der Waals surface area contributed by atoms with E-state index in [0.717, 1.165) is 5.56 Å². The number of urea groups is 1. The highest BCUT2D eigenvalue weighted by molar-refractivity contribution is 5.89. The van der Waals surface area contributed by atoms with E-state index in [1.807, 2.05) is 6.92 Å². The van der Waals surface area contributed by atoms with Crippen molar-refractivity contribution >= 4 is 17.5 Å². The Hall–Kier alpha value is -2.71. The van der Waals surface area contributed by atoms with Crippen molar-refractivity contribution in [3.8, 4) is 11.4 Å². The van der Waals surface area contributed by atoms with Gasteiger partial charge in [-0.25, -0.2) is 14.8 Å². The maximum atomic E-state index is 11.5. The van der Waals surface area contributed by atoms with E-state index < -0.39 is 0 Å². The van der Waals surface area contributed by atoms with Crippen LogP contribution in [0, 0.1) is 0 Å². The first-order chi connectivity index (χ1) is 11.7. The molecule has 8 nitrogen and oxygen atoms in total. The topological polar surface area (TPSA) is 119 Å². The molecule has 8 heteroatoms. The van der Waals surface area contributed by atoms with Crippen molar-refractivity contribution in [3.63, 3.8) is 0 Å². The van der Waals surface area contributed by atoms with E-state index in [1.165, 1.54) is 0 Å². The molecule has 128 valence electrons. The van der Waals surface area contributed by atoms with Crippen molar-refractivity contribution in [2.24, 2.45) is 0 Å². The molecule has 0 saturated carbocycles. The summed E-state index contributed by atoms with van der Waals surface area (Å²) in [5, 5.41) is 26.5. The molecule has 2 aromatic rings. The lowest BCUT2D eigenvalue weighted by Gasteiger charge is -2.09. The molecule has 2 rings (SSSR count). The SMILES string of the molecule is CCNC(=O)Nc1ccc(-c2nc(CO)cc(NCCO)n2)cc1. The van der Waals surface area contributed by atoms with Gasteiger partial charge in [0.15, 0.2) is 5.82 Å². The first-order valence-electron chi connectivity index (χ1n) is 7.65. The Kier molecular flexibility index (Phi) is 6.47. The summed E-state index contributed by atoms with van der Waals surface area (Å²) in [4.78, 5) is 20.1. The summed E-state index contributed by atoms with van der Waals surface area (Å²) in [5.74, 6) is 0.981. The zero-order valence-electron chi connectivity index (χ0n) is 13.4. The third-order valence-electron chi connectivity index (χ3n) is 3.10. The van der Waals surface area contributed by atoms with Crippen LogP contribution in [0.1, 0.15) is 12.6 Å². The van der Waals surface area contributed by atoms with E-state index in [1.54, 1.807) is 30.3 Å². The van der Waals surface area contributed by atoms with E-state index >= 15 is 0 Å². The number of aliphatic hydroxyl groups excluding tert-OH is 2. The predicted octanol–water partition coefficient (Wildman–Crippen LogP) is 1.18. The maximum absolute atomic E-state index is 11.5. The Labute approximate surface area is 140 Å². The van der Waals surface area contributed by atoms with Crippen LogP contribution in [0.4, 0.5) is 16.3 Å². The van der Waals surface area contributed by atoms with Gasteiger partial charge in [-0.2, -0.15) is 0 Å². The van der Waals surface area contributed by atoms with Crippen LogP contribution < -0.4 is 16.0 Å². The number of hydrogen-bond donors (Lipinski definition) is 5. The number of aromatic nitrogens is 2. The van der Waals surface area contributed by atoms with Crippen molar-refractivity contribution in [2.75, 3.05) is 30.3 Å². The molecule has 1 heterocycles. The lowest BCUT2D eigenvalue weighted by molar-refractivity contribution is 0.252. The molecule has 0 unspecified atom stereocenters. The molecule has 1 aromatic carbocycles. The van der Waals surface area contributed by atoms with Crippen LogP contribution in [0.15, 0.2) is 30.3 Å². The highest BCUT2D eigenvalue weighted by atomic mass is 16.3. The van der Waals surface area contributed by atoms with Gasteiger partial charge in [-0.05, 0) is 31.2 Å². The maximum Gasteiger partial charge on any atom is 0.319 e. The Bertz CT molecular complexity index is 676. The largest absolute Gasteiger partial charge is 0.395 e. The van der Waals surface area contributed by atoms with E-state index in [0.29, 0.717) is 36.1 Å². The van der Waals surface area contributed by atoms with Crippen molar-refractivity contribution < 1.29 is 15.0 Å². The van der Waals surface area contributed by atoms with Gasteiger partial charge < -0.3 is 26.2 Å². The standard InChI is InChI=1S/C16H21N5O3/c1-2-17-16(24)20-12-5-3-11(4-6-12)15-19-13(10-23)9-14(21-15)18-7-8-22/h3-6,9,22-23H,2,7-8,10H2,1H3,(H2,17,20,24)(H,18,19,21). The normalized spacial score (nSPS) is 10.3. The fourth-order valence-corrected chi connectivity index (χ4v) is 2.02. The minimum Gasteiger partial charge on any atom is -0.395 e. The van der Waals surface area contributed by atoms with Gasteiger partial charge in [0.1, 0.15) is 5.82 Å². The summed E-state index contributed by atoms with van der Waals surface area (Å²) in [6.45, 7) is 2.52. The first-order valence-corrected chi connectivity index (χ1v) is 7.65. The fourth-order valence-electron chi connectivity index (χ4n) is 2.02. The summed E-state index contributed by atoms with van der Waals surface area (Å²) < 4.78 is 0. The second-order valence-electron chi connectivity index (χ2n) is 4.94. The molecule has 0 aliphatic heterocycles. The Balaban J connectivity index is 2.19. The molecule has 0 atom stereocenters. The van der Waals surface area contributed by atoms with Gasteiger partial charge in [0.05, 0.1) is 18.9 Å². The third-order valence-corrected chi connectivity index (χ3v) is 3.10. The number of amides is 2. The van der Waals surface area contributed by atoms with E-state index in [-0.39, 0.29) is 19.2 Å². The van der Waals surface area contributed by atoms with Crippen LogP contribution in [-0.4, -0.2) is 45.9 Å². The van der Waals surface area contributed by atoms with Crippen molar-refractivity contribution in [2.45, 2.75) is 13.5 Å². The van der Waals surface area contributed by atoms with Gasteiger partial charge in [-0.15, -0.1) is 0 Å². The first kappa shape index (κ1) is 17.6. The van der Waals surface area contributed by atoms with E-state index in [4.69, 9.17) is 5.11 Å². The predicted molar refractivity (Wildman–Crippen MR) is 91.7 cm³/mol. The second kappa shape index (κ2) is 8.80. The number of aliphatic hydroxyl groups is 2. The minimum absolute atomic E-state index is 0.0199. The van der Waals surface area contributed by atoms with E-state index in [2.05, 4.69) is 25.9 Å². The summed E-state index contributed by atoms with van der Waals surface area (Å²) in [6.07, 6.45) is 0. The number of hydrogen-bond acceptors (Lipinski definition) is 6.